The van der Waals surface area contributed by atoms with Crippen molar-refractivity contribution in [1.29, 1.82) is 0 Å². The van der Waals surface area contributed by atoms with Crippen LogP contribution >= 0.6 is 0 Å². The van der Waals surface area contributed by atoms with Gasteiger partial charge >= 0.3 is 0 Å². The largest absolute Gasteiger partial charge is 0.368 e. The first-order valence-electron chi connectivity index (χ1n) is 5.90. The first-order chi connectivity index (χ1) is 8.95. The predicted molar refractivity (Wildman–Crippen MR) is 77.0 cm³/mol. The Morgan fingerprint density at radius 3 is 1.33 bits per heavy atom. The molecule has 0 amide bonds. The molecular formula is C16H16N2. The van der Waals surface area contributed by atoms with Gasteiger partial charge in [0.25, 0.3) is 0 Å². The number of benzene rings is 2. The van der Waals surface area contributed by atoms with Crippen molar-refractivity contribution < 1.29 is 0 Å². The molecule has 2 nitrogen and oxygen atoms in total. The van der Waals surface area contributed by atoms with Gasteiger partial charge in [-0.2, -0.15) is 0 Å². The quantitative estimate of drug-likeness (QED) is 0.676. The van der Waals surface area contributed by atoms with Gasteiger partial charge in [-0.05, 0) is 36.4 Å². The first-order valence-corrected chi connectivity index (χ1v) is 5.90. The maximum Gasteiger partial charge on any atom is 0.0384 e. The second kappa shape index (κ2) is 6.97. The number of hydrogen-bond acceptors (Lipinski definition) is 1. The van der Waals surface area contributed by atoms with E-state index < -0.39 is 0 Å². The number of aromatic amines is 1. The molecule has 0 spiro atoms. The van der Waals surface area contributed by atoms with Crippen LogP contribution in [-0.4, -0.2) is 4.98 Å². The standard InChI is InChI=1S/C12H11N.C4H5N/c1-3-7-11(8-4-1)13-12-9-5-2-6-10-12;1-2-4-5-3-1/h1-10,13H;1-5H. The van der Waals surface area contributed by atoms with Crippen LogP contribution in [0.25, 0.3) is 0 Å². The molecule has 0 fully saturated rings. The van der Waals surface area contributed by atoms with Crippen LogP contribution in [0.2, 0.25) is 0 Å². The van der Waals surface area contributed by atoms with Crippen LogP contribution in [0.1, 0.15) is 0 Å². The monoisotopic (exact) mass is 236 g/mol. The highest BCUT2D eigenvalue weighted by Crippen LogP contribution is 2.14. The van der Waals surface area contributed by atoms with Gasteiger partial charge in [0.2, 0.25) is 0 Å². The molecule has 18 heavy (non-hydrogen) atoms. The van der Waals surface area contributed by atoms with Crippen LogP contribution in [0.5, 0.6) is 0 Å². The van der Waals surface area contributed by atoms with Crippen LogP contribution in [0.15, 0.2) is 85.2 Å². The van der Waals surface area contributed by atoms with Crippen LogP contribution in [0.3, 0.4) is 0 Å². The summed E-state index contributed by atoms with van der Waals surface area (Å²) in [5.74, 6) is 0. The van der Waals surface area contributed by atoms with Gasteiger partial charge in [0, 0.05) is 23.8 Å². The number of H-pyrrole nitrogens is 1. The summed E-state index contributed by atoms with van der Waals surface area (Å²) in [7, 11) is 0. The number of aromatic nitrogens is 1. The predicted octanol–water partition coefficient (Wildman–Crippen LogP) is 4.44. The minimum Gasteiger partial charge on any atom is -0.368 e. The average Bonchev–Trinajstić information content (AvgIpc) is 3.00. The van der Waals surface area contributed by atoms with Gasteiger partial charge in [-0.3, -0.25) is 0 Å². The molecule has 2 aromatic carbocycles. The molecule has 2 heteroatoms. The topological polar surface area (TPSA) is 27.8 Å². The van der Waals surface area contributed by atoms with Gasteiger partial charge in [-0.25, -0.2) is 0 Å². The van der Waals surface area contributed by atoms with Gasteiger partial charge in [-0.1, -0.05) is 36.4 Å². The molecular weight excluding hydrogens is 220 g/mol. The van der Waals surface area contributed by atoms with E-state index in [1.54, 1.807) is 0 Å². The van der Waals surface area contributed by atoms with E-state index in [0.29, 0.717) is 0 Å². The molecule has 0 saturated heterocycles. The third-order valence-electron chi connectivity index (χ3n) is 2.33. The Morgan fingerprint density at radius 2 is 1.00 bits per heavy atom. The Bertz CT molecular complexity index is 461. The molecule has 0 aliphatic heterocycles. The number of nitrogens with one attached hydrogen (secondary N) is 2. The third kappa shape index (κ3) is 4.18. The lowest BCUT2D eigenvalue weighted by molar-refractivity contribution is 1.42. The molecule has 0 aliphatic rings. The van der Waals surface area contributed by atoms with E-state index in [4.69, 9.17) is 0 Å². The Kier molecular flexibility index (Phi) is 4.64. The molecule has 3 rings (SSSR count). The molecule has 1 aromatic heterocycles. The summed E-state index contributed by atoms with van der Waals surface area (Å²) in [5.41, 5.74) is 2.24. The highest BCUT2D eigenvalue weighted by atomic mass is 14.9. The Hall–Kier alpha value is -2.48. The molecule has 1 heterocycles. The molecule has 0 unspecified atom stereocenters. The van der Waals surface area contributed by atoms with Crippen molar-refractivity contribution in [2.75, 3.05) is 5.32 Å². The van der Waals surface area contributed by atoms with Gasteiger partial charge in [0.05, 0.1) is 0 Å². The summed E-state index contributed by atoms with van der Waals surface area (Å²) in [6.45, 7) is 0. The number of hydrogen-bond donors (Lipinski definition) is 2. The minimum absolute atomic E-state index is 1.12. The minimum atomic E-state index is 1.12. The van der Waals surface area contributed by atoms with Gasteiger partial charge in [0.1, 0.15) is 0 Å². The summed E-state index contributed by atoms with van der Waals surface area (Å²) >= 11 is 0. The zero-order valence-electron chi connectivity index (χ0n) is 10.1. The van der Waals surface area contributed by atoms with Crippen LogP contribution in [0.4, 0.5) is 11.4 Å². The lowest BCUT2D eigenvalue weighted by Gasteiger charge is -2.04. The van der Waals surface area contributed by atoms with E-state index in [1.807, 2.05) is 85.2 Å². The maximum atomic E-state index is 3.30. The van der Waals surface area contributed by atoms with Gasteiger partial charge in [-0.15, -0.1) is 0 Å². The van der Waals surface area contributed by atoms with Crippen molar-refractivity contribution in [2.45, 2.75) is 0 Å². The summed E-state index contributed by atoms with van der Waals surface area (Å²) in [6, 6.07) is 24.2. The summed E-state index contributed by atoms with van der Waals surface area (Å²) in [4.78, 5) is 2.86. The summed E-state index contributed by atoms with van der Waals surface area (Å²) in [5, 5.41) is 3.30. The van der Waals surface area contributed by atoms with Crippen molar-refractivity contribution in [1.82, 2.24) is 4.98 Å². The van der Waals surface area contributed by atoms with Crippen LogP contribution < -0.4 is 5.32 Å². The molecule has 0 radical (unpaired) electrons. The second-order valence-electron chi connectivity index (χ2n) is 3.74. The third-order valence-corrected chi connectivity index (χ3v) is 2.33. The zero-order valence-corrected chi connectivity index (χ0v) is 10.1. The van der Waals surface area contributed by atoms with E-state index in [0.717, 1.165) is 11.4 Å². The molecule has 90 valence electrons. The molecule has 2 N–H and O–H groups in total. The van der Waals surface area contributed by atoms with Crippen LogP contribution in [0, 0.1) is 0 Å². The van der Waals surface area contributed by atoms with Crippen molar-refractivity contribution >= 4 is 11.4 Å². The fourth-order valence-corrected chi connectivity index (χ4v) is 1.49. The lowest BCUT2D eigenvalue weighted by Crippen LogP contribution is -1.87. The van der Waals surface area contributed by atoms with Crippen molar-refractivity contribution in [2.24, 2.45) is 0 Å². The fourth-order valence-electron chi connectivity index (χ4n) is 1.49. The second-order valence-corrected chi connectivity index (χ2v) is 3.74. The molecule has 0 aliphatic carbocycles. The van der Waals surface area contributed by atoms with E-state index in [2.05, 4.69) is 10.3 Å². The van der Waals surface area contributed by atoms with Crippen molar-refractivity contribution in [3.63, 3.8) is 0 Å². The SMILES string of the molecule is c1cc[nH]c1.c1ccc(Nc2ccccc2)cc1. The van der Waals surface area contributed by atoms with E-state index in [-0.39, 0.29) is 0 Å². The van der Waals surface area contributed by atoms with E-state index in [9.17, 15) is 0 Å². The van der Waals surface area contributed by atoms with Crippen molar-refractivity contribution in [3.8, 4) is 0 Å². The average molecular weight is 236 g/mol. The fraction of sp³-hybridized carbons (Fsp3) is 0. The smallest absolute Gasteiger partial charge is 0.0384 e. The van der Waals surface area contributed by atoms with E-state index >= 15 is 0 Å². The molecule has 0 bridgehead atoms. The maximum absolute atomic E-state index is 3.30. The zero-order chi connectivity index (χ0) is 12.5. The van der Waals surface area contributed by atoms with Gasteiger partial charge in [0.15, 0.2) is 0 Å². The number of para-hydroxylation sites is 2. The number of anilines is 2. The number of rotatable bonds is 2. The molecule has 0 saturated carbocycles. The molecule has 3 aromatic rings. The van der Waals surface area contributed by atoms with E-state index in [1.165, 1.54) is 0 Å². The lowest BCUT2D eigenvalue weighted by atomic mass is 10.3. The summed E-state index contributed by atoms with van der Waals surface area (Å²) in [6.07, 6.45) is 3.75. The van der Waals surface area contributed by atoms with Crippen molar-refractivity contribution in [3.05, 3.63) is 85.2 Å². The Labute approximate surface area is 107 Å². The van der Waals surface area contributed by atoms with Crippen LogP contribution in [-0.2, 0) is 0 Å². The first kappa shape index (κ1) is 12.0. The Balaban J connectivity index is 0.000000202. The summed E-state index contributed by atoms with van der Waals surface area (Å²) < 4.78 is 0. The Morgan fingerprint density at radius 1 is 0.556 bits per heavy atom. The highest BCUT2D eigenvalue weighted by Gasteiger charge is 1.89. The molecule has 0 atom stereocenters. The normalized spacial score (nSPS) is 9.11. The van der Waals surface area contributed by atoms with Gasteiger partial charge < -0.3 is 10.3 Å². The highest BCUT2D eigenvalue weighted by molar-refractivity contribution is 5.58.